The van der Waals surface area contributed by atoms with Gasteiger partial charge in [0.05, 0.1) is 10.6 Å². The fourth-order valence-corrected chi connectivity index (χ4v) is 3.15. The maximum absolute atomic E-state index is 14.3. The van der Waals surface area contributed by atoms with Gasteiger partial charge in [-0.3, -0.25) is 4.79 Å². The van der Waals surface area contributed by atoms with E-state index in [9.17, 15) is 9.18 Å². The van der Waals surface area contributed by atoms with Gasteiger partial charge in [-0.25, -0.2) is 4.39 Å². The number of carbonyl (C=O) groups excluding carboxylic acids is 1. The molecule has 0 spiro atoms. The number of amides is 1. The van der Waals surface area contributed by atoms with Gasteiger partial charge >= 0.3 is 0 Å². The van der Waals surface area contributed by atoms with Crippen LogP contribution in [0.1, 0.15) is 21.7 Å². The van der Waals surface area contributed by atoms with Crippen molar-refractivity contribution in [2.24, 2.45) is 0 Å². The first kappa shape index (κ1) is 21.8. The van der Waals surface area contributed by atoms with Crippen LogP contribution in [0.2, 0.25) is 5.02 Å². The molecule has 0 bridgehead atoms. The Morgan fingerprint density at radius 3 is 2.77 bits per heavy atom. The van der Waals surface area contributed by atoms with E-state index < -0.39 is 11.7 Å². The molecular formula is C22H23ClFN3O3. The minimum atomic E-state index is -0.576. The zero-order valence-corrected chi connectivity index (χ0v) is 17.8. The molecular weight excluding hydrogens is 409 g/mol. The van der Waals surface area contributed by atoms with Crippen LogP contribution in [0, 0.1) is 12.7 Å². The first-order valence-electron chi connectivity index (χ1n) is 9.42. The van der Waals surface area contributed by atoms with Crippen LogP contribution >= 0.6 is 11.6 Å². The van der Waals surface area contributed by atoms with Gasteiger partial charge in [0.2, 0.25) is 0 Å². The van der Waals surface area contributed by atoms with Gasteiger partial charge < -0.3 is 19.5 Å². The first-order chi connectivity index (χ1) is 14.4. The van der Waals surface area contributed by atoms with Gasteiger partial charge in [-0.2, -0.15) is 0 Å². The Labute approximate surface area is 179 Å². The van der Waals surface area contributed by atoms with Crippen molar-refractivity contribution in [3.8, 4) is 17.0 Å². The van der Waals surface area contributed by atoms with Gasteiger partial charge in [-0.1, -0.05) is 35.0 Å². The molecule has 8 heteroatoms. The Morgan fingerprint density at radius 2 is 2.03 bits per heavy atom. The Kier molecular flexibility index (Phi) is 7.07. The highest BCUT2D eigenvalue weighted by molar-refractivity contribution is 6.33. The van der Waals surface area contributed by atoms with Crippen molar-refractivity contribution in [2.75, 3.05) is 27.2 Å². The number of nitrogens with zero attached hydrogens (tertiary/aromatic N) is 2. The predicted molar refractivity (Wildman–Crippen MR) is 113 cm³/mol. The van der Waals surface area contributed by atoms with Crippen LogP contribution in [0.3, 0.4) is 0 Å². The number of hydrogen-bond acceptors (Lipinski definition) is 5. The Bertz CT molecular complexity index is 1020. The molecule has 0 atom stereocenters. The van der Waals surface area contributed by atoms with Crippen molar-refractivity contribution < 1.29 is 18.4 Å². The van der Waals surface area contributed by atoms with E-state index in [0.29, 0.717) is 6.61 Å². The molecule has 158 valence electrons. The standard InChI is InChI=1S/C22H23ClFN3O3/c1-14-19(21(26-30-14)20-17(23)8-5-9-18(20)24)22(28)25-13-15-6-4-7-16(12-15)29-11-10-27(2)3/h4-9,12H,10-11,13H2,1-3H3,(H,25,28). The van der Waals surface area contributed by atoms with E-state index in [2.05, 4.69) is 10.5 Å². The van der Waals surface area contributed by atoms with Crippen molar-refractivity contribution in [3.05, 3.63) is 70.2 Å². The molecule has 1 aromatic heterocycles. The third-order valence-corrected chi connectivity index (χ3v) is 4.76. The molecule has 0 aliphatic carbocycles. The predicted octanol–water partition coefficient (Wildman–Crippen LogP) is 4.31. The molecule has 3 aromatic rings. The summed E-state index contributed by atoms with van der Waals surface area (Å²) in [5.74, 6) is 0.000553. The summed E-state index contributed by atoms with van der Waals surface area (Å²) in [5.41, 5.74) is 1.14. The maximum Gasteiger partial charge on any atom is 0.257 e. The fourth-order valence-electron chi connectivity index (χ4n) is 2.90. The van der Waals surface area contributed by atoms with Crippen LogP contribution in [0.25, 0.3) is 11.3 Å². The molecule has 0 aliphatic rings. The summed E-state index contributed by atoms with van der Waals surface area (Å²) in [4.78, 5) is 14.9. The fraction of sp³-hybridized carbons (Fsp3) is 0.273. The van der Waals surface area contributed by atoms with Crippen LogP contribution in [-0.4, -0.2) is 43.2 Å². The molecule has 0 saturated carbocycles. The van der Waals surface area contributed by atoms with Gasteiger partial charge in [0.25, 0.3) is 5.91 Å². The topological polar surface area (TPSA) is 67.6 Å². The van der Waals surface area contributed by atoms with Gasteiger partial charge in [-0.05, 0) is 50.8 Å². The quantitative estimate of drug-likeness (QED) is 0.575. The minimum Gasteiger partial charge on any atom is -0.492 e. The van der Waals surface area contributed by atoms with Crippen molar-refractivity contribution in [2.45, 2.75) is 13.5 Å². The summed E-state index contributed by atoms with van der Waals surface area (Å²) in [6.45, 7) is 3.22. The average Bonchev–Trinajstić information content (AvgIpc) is 3.07. The molecule has 0 fully saturated rings. The second-order valence-corrected chi connectivity index (χ2v) is 7.45. The van der Waals surface area contributed by atoms with E-state index in [1.807, 2.05) is 43.3 Å². The number of carbonyl (C=O) groups is 1. The summed E-state index contributed by atoms with van der Waals surface area (Å²) in [5, 5.41) is 6.84. The summed E-state index contributed by atoms with van der Waals surface area (Å²) >= 11 is 6.13. The van der Waals surface area contributed by atoms with Crippen LogP contribution in [-0.2, 0) is 6.54 Å². The highest BCUT2D eigenvalue weighted by Gasteiger charge is 2.25. The lowest BCUT2D eigenvalue weighted by Crippen LogP contribution is -2.24. The number of hydrogen-bond donors (Lipinski definition) is 1. The van der Waals surface area contributed by atoms with E-state index >= 15 is 0 Å². The van der Waals surface area contributed by atoms with Crippen molar-refractivity contribution >= 4 is 17.5 Å². The second-order valence-electron chi connectivity index (χ2n) is 7.04. The maximum atomic E-state index is 14.3. The second kappa shape index (κ2) is 9.73. The zero-order valence-electron chi connectivity index (χ0n) is 17.0. The van der Waals surface area contributed by atoms with Crippen molar-refractivity contribution in [1.29, 1.82) is 0 Å². The van der Waals surface area contributed by atoms with E-state index in [1.165, 1.54) is 18.2 Å². The molecule has 1 amide bonds. The van der Waals surface area contributed by atoms with E-state index in [-0.39, 0.29) is 34.1 Å². The molecule has 6 nitrogen and oxygen atoms in total. The lowest BCUT2D eigenvalue weighted by molar-refractivity contribution is 0.0950. The third kappa shape index (κ3) is 5.17. The van der Waals surface area contributed by atoms with E-state index in [1.54, 1.807) is 6.92 Å². The molecule has 0 saturated heterocycles. The van der Waals surface area contributed by atoms with Crippen molar-refractivity contribution in [3.63, 3.8) is 0 Å². The van der Waals surface area contributed by atoms with Crippen LogP contribution in [0.4, 0.5) is 4.39 Å². The Hall–Kier alpha value is -2.90. The van der Waals surface area contributed by atoms with Gasteiger partial charge in [0, 0.05) is 13.1 Å². The minimum absolute atomic E-state index is 0.0393. The zero-order chi connectivity index (χ0) is 21.7. The van der Waals surface area contributed by atoms with Crippen LogP contribution in [0.15, 0.2) is 47.0 Å². The summed E-state index contributed by atoms with van der Waals surface area (Å²) in [6.07, 6.45) is 0. The largest absolute Gasteiger partial charge is 0.492 e. The molecule has 30 heavy (non-hydrogen) atoms. The number of halogens is 2. The monoisotopic (exact) mass is 431 g/mol. The number of likely N-dealkylation sites (N-methyl/N-ethyl adjacent to an activating group) is 1. The number of aromatic nitrogens is 1. The average molecular weight is 432 g/mol. The Morgan fingerprint density at radius 1 is 1.27 bits per heavy atom. The molecule has 0 aliphatic heterocycles. The van der Waals surface area contributed by atoms with Crippen LogP contribution < -0.4 is 10.1 Å². The smallest absolute Gasteiger partial charge is 0.257 e. The van der Waals surface area contributed by atoms with Gasteiger partial charge in [0.15, 0.2) is 0 Å². The SMILES string of the molecule is Cc1onc(-c2c(F)cccc2Cl)c1C(=O)NCc1cccc(OCCN(C)C)c1. The highest BCUT2D eigenvalue weighted by Crippen LogP contribution is 2.33. The Balaban J connectivity index is 1.73. The van der Waals surface area contributed by atoms with Crippen LogP contribution in [0.5, 0.6) is 5.75 Å². The number of rotatable bonds is 8. The normalized spacial score (nSPS) is 11.0. The first-order valence-corrected chi connectivity index (χ1v) is 9.80. The molecule has 2 aromatic carbocycles. The summed E-state index contributed by atoms with van der Waals surface area (Å²) in [7, 11) is 3.95. The van der Waals surface area contributed by atoms with Gasteiger partial charge in [0.1, 0.15) is 35.2 Å². The van der Waals surface area contributed by atoms with E-state index in [4.69, 9.17) is 20.9 Å². The van der Waals surface area contributed by atoms with Gasteiger partial charge in [-0.15, -0.1) is 0 Å². The number of benzene rings is 2. The molecule has 0 radical (unpaired) electrons. The van der Waals surface area contributed by atoms with Crippen molar-refractivity contribution in [1.82, 2.24) is 15.4 Å². The number of nitrogens with one attached hydrogen (secondary N) is 1. The number of aryl methyl sites for hydroxylation is 1. The van der Waals surface area contributed by atoms with E-state index in [0.717, 1.165) is 17.9 Å². The molecule has 1 heterocycles. The summed E-state index contributed by atoms with van der Waals surface area (Å²) < 4.78 is 25.2. The molecule has 0 unspecified atom stereocenters. The molecule has 1 N–H and O–H groups in total. The molecule has 3 rings (SSSR count). The summed E-state index contributed by atoms with van der Waals surface area (Å²) in [6, 6.07) is 11.8. The highest BCUT2D eigenvalue weighted by atomic mass is 35.5. The lowest BCUT2D eigenvalue weighted by atomic mass is 10.0. The number of ether oxygens (including phenoxy) is 1. The lowest BCUT2D eigenvalue weighted by Gasteiger charge is -2.12. The third-order valence-electron chi connectivity index (χ3n) is 4.45.